The van der Waals surface area contributed by atoms with Gasteiger partial charge >= 0.3 is 5.97 Å². The molecule has 2 aliphatic rings. The lowest BCUT2D eigenvalue weighted by molar-refractivity contribution is 0.0526. The molecule has 0 bridgehead atoms. The van der Waals surface area contributed by atoms with E-state index in [1.807, 2.05) is 30.3 Å². The third-order valence-corrected chi connectivity index (χ3v) is 2.76. The van der Waals surface area contributed by atoms with Crippen LogP contribution in [0.1, 0.15) is 17.3 Å². The second-order valence-corrected chi connectivity index (χ2v) is 3.96. The first-order chi connectivity index (χ1) is 7.74. The highest BCUT2D eigenvalue weighted by atomic mass is 79.9. The maximum Gasteiger partial charge on any atom is 0.341 e. The van der Waals surface area contributed by atoms with E-state index in [1.165, 1.54) is 0 Å². The third kappa shape index (κ3) is 1.93. The standard InChI is InChI=1S/C12H10BrNO2/c1-2-16-12(15)10-8-6-4-3-5-7-9(8)14-11(10)13/h3-7H,2H2,1H3. The normalized spacial score (nSPS) is 10.4. The van der Waals surface area contributed by atoms with Gasteiger partial charge in [0.05, 0.1) is 12.3 Å². The van der Waals surface area contributed by atoms with Crippen molar-refractivity contribution >= 4 is 21.9 Å². The number of hydrogen-bond donors (Lipinski definition) is 0. The van der Waals surface area contributed by atoms with Crippen LogP contribution in [0.15, 0.2) is 34.9 Å². The van der Waals surface area contributed by atoms with Crippen LogP contribution in [0.5, 0.6) is 0 Å². The average Bonchev–Trinajstić information content (AvgIpc) is 2.43. The van der Waals surface area contributed by atoms with Crippen molar-refractivity contribution in [2.75, 3.05) is 6.61 Å². The molecule has 0 N–H and O–H groups in total. The van der Waals surface area contributed by atoms with Gasteiger partial charge in [-0.15, -0.1) is 0 Å². The van der Waals surface area contributed by atoms with Crippen molar-refractivity contribution in [3.8, 4) is 11.3 Å². The number of esters is 1. The van der Waals surface area contributed by atoms with E-state index in [9.17, 15) is 4.79 Å². The molecule has 0 fully saturated rings. The molecule has 4 heteroatoms. The summed E-state index contributed by atoms with van der Waals surface area (Å²) in [5.74, 6) is -0.344. The van der Waals surface area contributed by atoms with Crippen LogP contribution in [0, 0.1) is 0 Å². The second-order valence-electron chi connectivity index (χ2n) is 3.21. The van der Waals surface area contributed by atoms with E-state index in [0.29, 0.717) is 16.8 Å². The van der Waals surface area contributed by atoms with Gasteiger partial charge in [0.15, 0.2) is 0 Å². The Labute approximate surface area is 102 Å². The molecule has 16 heavy (non-hydrogen) atoms. The number of carbonyl (C=O) groups excluding carboxylic acids is 1. The minimum Gasteiger partial charge on any atom is -0.462 e. The smallest absolute Gasteiger partial charge is 0.341 e. The summed E-state index contributed by atoms with van der Waals surface area (Å²) in [5, 5.41) is 0. The van der Waals surface area contributed by atoms with Crippen LogP contribution in [-0.2, 0) is 4.74 Å². The minimum absolute atomic E-state index is 0.344. The molecule has 0 spiro atoms. The van der Waals surface area contributed by atoms with Gasteiger partial charge in [0, 0.05) is 5.56 Å². The molecule has 0 saturated heterocycles. The van der Waals surface area contributed by atoms with Gasteiger partial charge in [0.1, 0.15) is 10.2 Å². The predicted octanol–water partition coefficient (Wildman–Crippen LogP) is 3.13. The molecule has 82 valence electrons. The van der Waals surface area contributed by atoms with E-state index in [0.717, 1.165) is 11.3 Å². The molecule has 0 unspecified atom stereocenters. The lowest BCUT2D eigenvalue weighted by atomic mass is 10.1. The third-order valence-electron chi connectivity index (χ3n) is 2.19. The van der Waals surface area contributed by atoms with Gasteiger partial charge < -0.3 is 4.74 Å². The molecule has 2 rings (SSSR count). The van der Waals surface area contributed by atoms with Gasteiger partial charge in [-0.3, -0.25) is 0 Å². The highest BCUT2D eigenvalue weighted by molar-refractivity contribution is 9.10. The van der Waals surface area contributed by atoms with Crippen LogP contribution in [-0.4, -0.2) is 17.6 Å². The molecule has 0 aromatic rings. The van der Waals surface area contributed by atoms with Crippen molar-refractivity contribution in [1.29, 1.82) is 0 Å². The Bertz CT molecular complexity index is 499. The van der Waals surface area contributed by atoms with Crippen LogP contribution < -0.4 is 0 Å². The fourth-order valence-electron chi connectivity index (χ4n) is 1.52. The Kier molecular flexibility index (Phi) is 3.19. The number of ether oxygens (including phenoxy) is 1. The molecule has 0 radical (unpaired) electrons. The summed E-state index contributed by atoms with van der Waals surface area (Å²) in [6.07, 6.45) is 0. The SMILES string of the molecule is CCOC(=O)c1c2cccccc-2nc1Br. The summed E-state index contributed by atoms with van der Waals surface area (Å²) in [6, 6.07) is 9.38. The number of hydrogen-bond acceptors (Lipinski definition) is 3. The second kappa shape index (κ2) is 4.61. The highest BCUT2D eigenvalue weighted by Crippen LogP contribution is 2.31. The first kappa shape index (κ1) is 11.1. The van der Waals surface area contributed by atoms with E-state index in [1.54, 1.807) is 6.92 Å². The van der Waals surface area contributed by atoms with Crippen LogP contribution >= 0.6 is 15.9 Å². The molecule has 0 saturated carbocycles. The predicted molar refractivity (Wildman–Crippen MR) is 64.5 cm³/mol. The summed E-state index contributed by atoms with van der Waals surface area (Å²) < 4.78 is 5.53. The van der Waals surface area contributed by atoms with Gasteiger partial charge in [0.2, 0.25) is 0 Å². The fraction of sp³-hybridized carbons (Fsp3) is 0.167. The van der Waals surface area contributed by atoms with Gasteiger partial charge in [-0.1, -0.05) is 24.3 Å². The van der Waals surface area contributed by atoms with E-state index < -0.39 is 0 Å². The Hall–Kier alpha value is -1.42. The van der Waals surface area contributed by atoms with Crippen molar-refractivity contribution in [3.05, 3.63) is 40.5 Å². The van der Waals surface area contributed by atoms with Crippen LogP contribution in [0.3, 0.4) is 0 Å². The molecule has 3 nitrogen and oxygen atoms in total. The Balaban J connectivity index is 2.56. The zero-order valence-electron chi connectivity index (χ0n) is 8.74. The Morgan fingerprint density at radius 1 is 1.38 bits per heavy atom. The van der Waals surface area contributed by atoms with E-state index in [-0.39, 0.29) is 5.97 Å². The number of carbonyl (C=O) groups is 1. The monoisotopic (exact) mass is 279 g/mol. The molecular weight excluding hydrogens is 270 g/mol. The number of halogens is 1. The maximum atomic E-state index is 11.8. The van der Waals surface area contributed by atoms with Crippen molar-refractivity contribution in [2.24, 2.45) is 0 Å². The Morgan fingerprint density at radius 2 is 2.12 bits per heavy atom. The molecule has 1 heterocycles. The molecule has 1 aliphatic carbocycles. The van der Waals surface area contributed by atoms with E-state index in [2.05, 4.69) is 20.9 Å². The van der Waals surface area contributed by atoms with E-state index >= 15 is 0 Å². The first-order valence-electron chi connectivity index (χ1n) is 4.95. The van der Waals surface area contributed by atoms with Gasteiger partial charge in [-0.2, -0.15) is 0 Å². The Morgan fingerprint density at radius 3 is 2.88 bits per heavy atom. The van der Waals surface area contributed by atoms with Crippen molar-refractivity contribution in [3.63, 3.8) is 0 Å². The first-order valence-corrected chi connectivity index (χ1v) is 5.74. The molecule has 0 aromatic heterocycles. The lowest BCUT2D eigenvalue weighted by Gasteiger charge is -2.00. The lowest BCUT2D eigenvalue weighted by Crippen LogP contribution is -2.04. The zero-order valence-corrected chi connectivity index (χ0v) is 10.3. The topological polar surface area (TPSA) is 39.2 Å². The van der Waals surface area contributed by atoms with Crippen LogP contribution in [0.25, 0.3) is 11.3 Å². The van der Waals surface area contributed by atoms with Crippen molar-refractivity contribution in [1.82, 2.24) is 4.98 Å². The fourth-order valence-corrected chi connectivity index (χ4v) is 2.08. The largest absolute Gasteiger partial charge is 0.462 e. The number of aromatic nitrogens is 1. The number of fused-ring (bicyclic) bond motifs is 1. The molecule has 0 amide bonds. The summed E-state index contributed by atoms with van der Waals surface area (Å²) in [7, 11) is 0. The summed E-state index contributed by atoms with van der Waals surface area (Å²) in [4.78, 5) is 16.0. The summed E-state index contributed by atoms with van der Waals surface area (Å²) in [5.41, 5.74) is 2.07. The minimum atomic E-state index is -0.344. The quantitative estimate of drug-likeness (QED) is 0.793. The van der Waals surface area contributed by atoms with E-state index in [4.69, 9.17) is 4.74 Å². The molecule has 0 aromatic carbocycles. The molecule has 0 atom stereocenters. The summed E-state index contributed by atoms with van der Waals surface area (Å²) in [6.45, 7) is 2.14. The number of rotatable bonds is 2. The maximum absolute atomic E-state index is 11.8. The molecular formula is C12H10BrNO2. The van der Waals surface area contributed by atoms with Gasteiger partial charge in [-0.05, 0) is 28.9 Å². The zero-order chi connectivity index (χ0) is 11.5. The van der Waals surface area contributed by atoms with Crippen LogP contribution in [0.4, 0.5) is 0 Å². The summed E-state index contributed by atoms with van der Waals surface area (Å²) >= 11 is 3.28. The van der Waals surface area contributed by atoms with Crippen molar-refractivity contribution in [2.45, 2.75) is 6.92 Å². The highest BCUT2D eigenvalue weighted by Gasteiger charge is 2.22. The van der Waals surface area contributed by atoms with Gasteiger partial charge in [-0.25, -0.2) is 9.78 Å². The molecule has 1 aliphatic heterocycles. The average molecular weight is 280 g/mol. The van der Waals surface area contributed by atoms with Crippen LogP contribution in [0.2, 0.25) is 0 Å². The van der Waals surface area contributed by atoms with Crippen molar-refractivity contribution < 1.29 is 9.53 Å². The van der Waals surface area contributed by atoms with Gasteiger partial charge in [0.25, 0.3) is 0 Å². The number of nitrogens with zero attached hydrogens (tertiary/aromatic N) is 1.